The average molecular weight is 356 g/mol. The zero-order valence-electron chi connectivity index (χ0n) is 13.7. The first-order valence-corrected chi connectivity index (χ1v) is 8.40. The minimum atomic E-state index is 0.00762. The monoisotopic (exact) mass is 355 g/mol. The van der Waals surface area contributed by atoms with Crippen LogP contribution >= 0.6 is 11.6 Å². The summed E-state index contributed by atoms with van der Waals surface area (Å²) in [4.78, 5) is 4.32. The summed E-state index contributed by atoms with van der Waals surface area (Å²) in [5.74, 6) is 1.72. The number of hydrogen-bond acceptors (Lipinski definition) is 5. The number of fused-ring (bicyclic) bond motifs is 1. The van der Waals surface area contributed by atoms with E-state index in [1.165, 1.54) is 0 Å². The Morgan fingerprint density at radius 1 is 1.20 bits per heavy atom. The molecule has 0 fully saturated rings. The zero-order valence-corrected chi connectivity index (χ0v) is 14.4. The van der Waals surface area contributed by atoms with E-state index < -0.39 is 0 Å². The second kappa shape index (κ2) is 6.29. The van der Waals surface area contributed by atoms with E-state index in [1.54, 1.807) is 7.11 Å². The molecule has 0 saturated heterocycles. The lowest BCUT2D eigenvalue weighted by Crippen LogP contribution is -2.28. The molecule has 1 aliphatic heterocycles. The molecule has 2 aromatic carbocycles. The molecule has 25 heavy (non-hydrogen) atoms. The van der Waals surface area contributed by atoms with Gasteiger partial charge in [-0.2, -0.15) is 4.98 Å². The standard InChI is InChI=1S/C18H18ClN5O/c1-25-12-8-6-11(7-9-12)16-10-15(13-4-2-3-5-14(13)19)21-18-22-17(20)23-24(16)18/h2-9,15-16H,10H2,1H3,(H3,20,21,22,23)/t15-,16+/m1/s1. The molecular formula is C18H18ClN5O. The van der Waals surface area contributed by atoms with Gasteiger partial charge in [0.05, 0.1) is 19.2 Å². The molecule has 0 saturated carbocycles. The molecule has 3 N–H and O–H groups in total. The maximum absolute atomic E-state index is 6.40. The number of hydrogen-bond donors (Lipinski definition) is 2. The summed E-state index contributed by atoms with van der Waals surface area (Å²) in [7, 11) is 1.66. The number of nitrogens with zero attached hydrogens (tertiary/aromatic N) is 3. The van der Waals surface area contributed by atoms with E-state index >= 15 is 0 Å². The molecule has 3 aromatic rings. The summed E-state index contributed by atoms with van der Waals surface area (Å²) >= 11 is 6.40. The van der Waals surface area contributed by atoms with E-state index in [2.05, 4.69) is 15.4 Å². The molecular weight excluding hydrogens is 338 g/mol. The number of aromatic nitrogens is 3. The molecule has 0 amide bonds. The number of ether oxygens (including phenoxy) is 1. The Hall–Kier alpha value is -2.73. The van der Waals surface area contributed by atoms with Crippen molar-refractivity contribution in [1.29, 1.82) is 0 Å². The van der Waals surface area contributed by atoms with Crippen molar-refractivity contribution in [2.75, 3.05) is 18.2 Å². The van der Waals surface area contributed by atoms with E-state index in [9.17, 15) is 0 Å². The zero-order chi connectivity index (χ0) is 17.4. The van der Waals surface area contributed by atoms with Crippen LogP contribution in [0.15, 0.2) is 48.5 Å². The van der Waals surface area contributed by atoms with Crippen molar-refractivity contribution in [2.24, 2.45) is 0 Å². The minimum Gasteiger partial charge on any atom is -0.497 e. The van der Waals surface area contributed by atoms with Gasteiger partial charge >= 0.3 is 0 Å². The van der Waals surface area contributed by atoms with Crippen LogP contribution in [0.2, 0.25) is 5.02 Å². The highest BCUT2D eigenvalue weighted by atomic mass is 35.5. The molecule has 0 aliphatic carbocycles. The van der Waals surface area contributed by atoms with Crippen molar-refractivity contribution in [3.05, 3.63) is 64.7 Å². The van der Waals surface area contributed by atoms with Gasteiger partial charge in [0, 0.05) is 5.02 Å². The van der Waals surface area contributed by atoms with Crippen LogP contribution in [0.5, 0.6) is 5.75 Å². The third kappa shape index (κ3) is 2.89. The van der Waals surface area contributed by atoms with Gasteiger partial charge in [0.25, 0.3) is 0 Å². The first-order chi connectivity index (χ1) is 12.2. The van der Waals surface area contributed by atoms with Crippen LogP contribution in [0.4, 0.5) is 11.9 Å². The van der Waals surface area contributed by atoms with Crippen molar-refractivity contribution >= 4 is 23.5 Å². The van der Waals surface area contributed by atoms with Crippen LogP contribution in [0, 0.1) is 0 Å². The van der Waals surface area contributed by atoms with Gasteiger partial charge in [-0.15, -0.1) is 5.10 Å². The van der Waals surface area contributed by atoms with Gasteiger partial charge in [-0.3, -0.25) is 0 Å². The highest BCUT2D eigenvalue weighted by Crippen LogP contribution is 2.40. The molecule has 0 bridgehead atoms. The highest BCUT2D eigenvalue weighted by molar-refractivity contribution is 6.31. The van der Waals surface area contributed by atoms with E-state index in [0.717, 1.165) is 28.3 Å². The normalized spacial score (nSPS) is 19.1. The molecule has 1 aliphatic rings. The van der Waals surface area contributed by atoms with E-state index in [4.69, 9.17) is 22.1 Å². The summed E-state index contributed by atoms with van der Waals surface area (Å²) in [6.45, 7) is 0. The summed E-state index contributed by atoms with van der Waals surface area (Å²) < 4.78 is 7.09. The number of halogens is 1. The van der Waals surface area contributed by atoms with Crippen molar-refractivity contribution in [3.63, 3.8) is 0 Å². The second-order valence-electron chi connectivity index (χ2n) is 5.98. The summed E-state index contributed by atoms with van der Waals surface area (Å²) in [5.41, 5.74) is 7.98. The molecule has 128 valence electrons. The predicted octanol–water partition coefficient (Wildman–Crippen LogP) is 3.67. The smallest absolute Gasteiger partial charge is 0.241 e. The van der Waals surface area contributed by atoms with Crippen LogP contribution in [0.25, 0.3) is 0 Å². The van der Waals surface area contributed by atoms with Gasteiger partial charge in [0.2, 0.25) is 11.9 Å². The Bertz CT molecular complexity index is 893. The van der Waals surface area contributed by atoms with Crippen LogP contribution in [0.3, 0.4) is 0 Å². The molecule has 0 radical (unpaired) electrons. The van der Waals surface area contributed by atoms with Crippen molar-refractivity contribution < 1.29 is 4.74 Å². The van der Waals surface area contributed by atoms with Crippen molar-refractivity contribution in [3.8, 4) is 5.75 Å². The molecule has 0 spiro atoms. The van der Waals surface area contributed by atoms with Gasteiger partial charge in [-0.05, 0) is 35.7 Å². The number of anilines is 2. The SMILES string of the molecule is COc1ccc([C@@H]2C[C@H](c3ccccc3Cl)Nc3nc(N)nn32)cc1. The van der Waals surface area contributed by atoms with Gasteiger partial charge < -0.3 is 15.8 Å². The lowest BCUT2D eigenvalue weighted by Gasteiger charge is -2.32. The fourth-order valence-electron chi connectivity index (χ4n) is 3.26. The Kier molecular flexibility index (Phi) is 3.97. The molecule has 6 nitrogen and oxygen atoms in total. The molecule has 4 rings (SSSR count). The third-order valence-corrected chi connectivity index (χ3v) is 4.83. The van der Waals surface area contributed by atoms with Gasteiger partial charge in [-0.1, -0.05) is 41.9 Å². The number of nitrogens with one attached hydrogen (secondary N) is 1. The molecule has 2 heterocycles. The quantitative estimate of drug-likeness (QED) is 0.749. The lowest BCUT2D eigenvalue weighted by molar-refractivity contribution is 0.411. The number of nitrogen functional groups attached to an aromatic ring is 1. The molecule has 2 atom stereocenters. The number of rotatable bonds is 3. The largest absolute Gasteiger partial charge is 0.497 e. The third-order valence-electron chi connectivity index (χ3n) is 4.49. The summed E-state index contributed by atoms with van der Waals surface area (Å²) in [6, 6.07) is 15.8. The fourth-order valence-corrected chi connectivity index (χ4v) is 3.53. The Morgan fingerprint density at radius 2 is 1.96 bits per heavy atom. The number of nitrogens with two attached hydrogens (primary N) is 1. The second-order valence-corrected chi connectivity index (χ2v) is 6.39. The number of benzene rings is 2. The first-order valence-electron chi connectivity index (χ1n) is 8.02. The fraction of sp³-hybridized carbons (Fsp3) is 0.222. The van der Waals surface area contributed by atoms with Gasteiger partial charge in [-0.25, -0.2) is 4.68 Å². The number of methoxy groups -OCH3 is 1. The molecule has 7 heteroatoms. The Balaban J connectivity index is 1.75. The van der Waals surface area contributed by atoms with E-state index in [1.807, 2.05) is 53.2 Å². The maximum atomic E-state index is 6.40. The van der Waals surface area contributed by atoms with Gasteiger partial charge in [0.15, 0.2) is 0 Å². The van der Waals surface area contributed by atoms with Crippen LogP contribution in [-0.2, 0) is 0 Å². The van der Waals surface area contributed by atoms with Crippen LogP contribution in [-0.4, -0.2) is 21.9 Å². The van der Waals surface area contributed by atoms with Crippen LogP contribution in [0.1, 0.15) is 29.6 Å². The first kappa shape index (κ1) is 15.8. The maximum Gasteiger partial charge on any atom is 0.241 e. The van der Waals surface area contributed by atoms with E-state index in [-0.39, 0.29) is 18.0 Å². The van der Waals surface area contributed by atoms with Crippen molar-refractivity contribution in [2.45, 2.75) is 18.5 Å². The lowest BCUT2D eigenvalue weighted by atomic mass is 9.93. The summed E-state index contributed by atoms with van der Waals surface area (Å²) in [6.07, 6.45) is 0.784. The predicted molar refractivity (Wildman–Crippen MR) is 98.0 cm³/mol. The highest BCUT2D eigenvalue weighted by Gasteiger charge is 2.31. The van der Waals surface area contributed by atoms with E-state index in [0.29, 0.717) is 5.95 Å². The Morgan fingerprint density at radius 3 is 2.68 bits per heavy atom. The molecule has 1 aromatic heterocycles. The Labute approximate surface area is 150 Å². The molecule has 0 unspecified atom stereocenters. The van der Waals surface area contributed by atoms with Gasteiger partial charge in [0.1, 0.15) is 5.75 Å². The topological polar surface area (TPSA) is 78.0 Å². The minimum absolute atomic E-state index is 0.00762. The average Bonchev–Trinajstić information content (AvgIpc) is 3.01. The van der Waals surface area contributed by atoms with Crippen LogP contribution < -0.4 is 15.8 Å². The van der Waals surface area contributed by atoms with Crippen molar-refractivity contribution in [1.82, 2.24) is 14.8 Å². The summed E-state index contributed by atoms with van der Waals surface area (Å²) in [5, 5.41) is 8.49.